The number of carboxylic acids is 1. The van der Waals surface area contributed by atoms with Crippen molar-refractivity contribution in [1.82, 2.24) is 9.71 Å². The molecule has 0 saturated heterocycles. The van der Waals surface area contributed by atoms with Gasteiger partial charge in [0, 0.05) is 11.1 Å². The molecule has 84 valence electrons. The number of aliphatic carboxylic acids is 1. The molecule has 0 amide bonds. The highest BCUT2D eigenvalue weighted by atomic mass is 32.2. The maximum Gasteiger partial charge on any atom is 0.320 e. The smallest absolute Gasteiger partial charge is 0.320 e. The van der Waals surface area contributed by atoms with Gasteiger partial charge in [0.25, 0.3) is 0 Å². The number of rotatable bonds is 5. The standard InChI is InChI=1S/C6H8N2O5S2/c9-5(10)3-15(12,13)7-1-4-2-14-6(11)8-4/h2,7H,1,3H2,(H,8,11)(H,9,10). The van der Waals surface area contributed by atoms with Crippen LogP contribution in [0.3, 0.4) is 0 Å². The molecule has 0 atom stereocenters. The third-order valence-electron chi connectivity index (χ3n) is 1.37. The Morgan fingerprint density at radius 3 is 2.73 bits per heavy atom. The Morgan fingerprint density at radius 2 is 2.27 bits per heavy atom. The number of carboxylic acid groups (broad SMARTS) is 1. The Hall–Kier alpha value is -1.19. The van der Waals surface area contributed by atoms with Crippen LogP contribution in [0, 0.1) is 0 Å². The van der Waals surface area contributed by atoms with Gasteiger partial charge in [0.15, 0.2) is 5.75 Å². The monoisotopic (exact) mass is 252 g/mol. The molecule has 0 aliphatic carbocycles. The van der Waals surface area contributed by atoms with Gasteiger partial charge in [-0.3, -0.25) is 9.59 Å². The van der Waals surface area contributed by atoms with Crippen molar-refractivity contribution in [2.75, 3.05) is 5.75 Å². The Balaban J connectivity index is 2.57. The fourth-order valence-electron chi connectivity index (χ4n) is 0.802. The zero-order chi connectivity index (χ0) is 11.5. The molecule has 3 N–H and O–H groups in total. The molecule has 0 radical (unpaired) electrons. The summed E-state index contributed by atoms with van der Waals surface area (Å²) in [5, 5.41) is 9.74. The van der Waals surface area contributed by atoms with E-state index in [9.17, 15) is 18.0 Å². The normalized spacial score (nSPS) is 11.5. The molecule has 0 aliphatic rings. The highest BCUT2D eigenvalue weighted by Crippen LogP contribution is 1.96. The minimum atomic E-state index is -3.84. The lowest BCUT2D eigenvalue weighted by Gasteiger charge is -2.01. The van der Waals surface area contributed by atoms with Crippen molar-refractivity contribution in [2.24, 2.45) is 0 Å². The average molecular weight is 252 g/mol. The number of sulfonamides is 1. The van der Waals surface area contributed by atoms with E-state index < -0.39 is 21.7 Å². The van der Waals surface area contributed by atoms with Crippen molar-refractivity contribution in [3.63, 3.8) is 0 Å². The van der Waals surface area contributed by atoms with Gasteiger partial charge in [0.2, 0.25) is 10.0 Å². The van der Waals surface area contributed by atoms with Crippen molar-refractivity contribution in [3.8, 4) is 0 Å². The average Bonchev–Trinajstić information content (AvgIpc) is 2.46. The summed E-state index contributed by atoms with van der Waals surface area (Å²) >= 11 is 0.907. The van der Waals surface area contributed by atoms with Crippen LogP contribution in [0.15, 0.2) is 10.2 Å². The van der Waals surface area contributed by atoms with Crippen LogP contribution in [0.4, 0.5) is 0 Å². The molecule has 9 heteroatoms. The van der Waals surface area contributed by atoms with E-state index in [2.05, 4.69) is 4.98 Å². The largest absolute Gasteiger partial charge is 0.480 e. The molecule has 0 aromatic carbocycles. The summed E-state index contributed by atoms with van der Waals surface area (Å²) in [4.78, 5) is 22.9. The minimum Gasteiger partial charge on any atom is -0.480 e. The number of aromatic nitrogens is 1. The van der Waals surface area contributed by atoms with Crippen LogP contribution in [-0.4, -0.2) is 30.2 Å². The van der Waals surface area contributed by atoms with Gasteiger partial charge in [-0.25, -0.2) is 13.1 Å². The molecule has 0 aliphatic heterocycles. The summed E-state index contributed by atoms with van der Waals surface area (Å²) in [7, 11) is -3.84. The molecule has 1 aromatic heterocycles. The van der Waals surface area contributed by atoms with E-state index in [1.807, 2.05) is 4.72 Å². The summed E-state index contributed by atoms with van der Waals surface area (Å²) in [6, 6.07) is 0. The minimum absolute atomic E-state index is 0.117. The number of hydrogen-bond donors (Lipinski definition) is 3. The van der Waals surface area contributed by atoms with Gasteiger partial charge in [-0.1, -0.05) is 11.3 Å². The van der Waals surface area contributed by atoms with Crippen molar-refractivity contribution >= 4 is 27.3 Å². The SMILES string of the molecule is O=C(O)CS(=O)(=O)NCc1csc(=O)[nH]1. The summed E-state index contributed by atoms with van der Waals surface area (Å²) in [6.45, 7) is -0.117. The third kappa shape index (κ3) is 4.23. The van der Waals surface area contributed by atoms with E-state index in [4.69, 9.17) is 5.11 Å². The van der Waals surface area contributed by atoms with Gasteiger partial charge in [0.05, 0.1) is 6.54 Å². The molecule has 7 nitrogen and oxygen atoms in total. The molecular weight excluding hydrogens is 244 g/mol. The van der Waals surface area contributed by atoms with E-state index in [1.165, 1.54) is 5.38 Å². The second kappa shape index (κ2) is 4.55. The van der Waals surface area contributed by atoms with Gasteiger partial charge in [-0.15, -0.1) is 0 Å². The zero-order valence-corrected chi connectivity index (χ0v) is 9.02. The van der Waals surface area contributed by atoms with Crippen LogP contribution in [0.5, 0.6) is 0 Å². The van der Waals surface area contributed by atoms with Gasteiger partial charge in [0.1, 0.15) is 0 Å². The Bertz CT molecular complexity index is 500. The molecule has 15 heavy (non-hydrogen) atoms. The van der Waals surface area contributed by atoms with Gasteiger partial charge < -0.3 is 10.1 Å². The predicted octanol–water partition coefficient (Wildman–Crippen LogP) is -1.06. The van der Waals surface area contributed by atoms with E-state index in [-0.39, 0.29) is 11.4 Å². The zero-order valence-electron chi connectivity index (χ0n) is 7.39. The molecule has 0 unspecified atom stereocenters. The van der Waals surface area contributed by atoms with Gasteiger partial charge >= 0.3 is 10.8 Å². The fraction of sp³-hybridized carbons (Fsp3) is 0.333. The molecule has 1 heterocycles. The Labute approximate surface area is 88.8 Å². The van der Waals surface area contributed by atoms with E-state index >= 15 is 0 Å². The molecule has 0 spiro atoms. The first kappa shape index (κ1) is 11.9. The van der Waals surface area contributed by atoms with Crippen molar-refractivity contribution in [3.05, 3.63) is 20.7 Å². The first-order valence-corrected chi connectivity index (χ1v) is 6.28. The Kier molecular flexibility index (Phi) is 3.61. The third-order valence-corrected chi connectivity index (χ3v) is 3.30. The molecule has 0 bridgehead atoms. The van der Waals surface area contributed by atoms with Crippen LogP contribution < -0.4 is 9.60 Å². The second-order valence-electron chi connectivity index (χ2n) is 2.65. The van der Waals surface area contributed by atoms with Gasteiger partial charge in [-0.05, 0) is 0 Å². The number of thiazole rings is 1. The van der Waals surface area contributed by atoms with Crippen LogP contribution in [0.1, 0.15) is 5.69 Å². The lowest BCUT2D eigenvalue weighted by molar-refractivity contribution is -0.134. The van der Waals surface area contributed by atoms with E-state index in [0.717, 1.165) is 11.3 Å². The number of carbonyl (C=O) groups is 1. The maximum atomic E-state index is 11.0. The van der Waals surface area contributed by atoms with Crippen LogP contribution in [0.2, 0.25) is 0 Å². The summed E-state index contributed by atoms with van der Waals surface area (Å²) in [5.74, 6) is -2.41. The van der Waals surface area contributed by atoms with Crippen molar-refractivity contribution in [1.29, 1.82) is 0 Å². The lowest BCUT2D eigenvalue weighted by Crippen LogP contribution is -2.29. The number of hydrogen-bond acceptors (Lipinski definition) is 5. The number of nitrogens with one attached hydrogen (secondary N) is 2. The first-order valence-electron chi connectivity index (χ1n) is 3.75. The topological polar surface area (TPSA) is 116 Å². The predicted molar refractivity (Wildman–Crippen MR) is 53.2 cm³/mol. The molecule has 0 saturated carbocycles. The molecule has 1 aromatic rings. The highest BCUT2D eigenvalue weighted by molar-refractivity contribution is 7.90. The van der Waals surface area contributed by atoms with Gasteiger partial charge in [-0.2, -0.15) is 0 Å². The summed E-state index contributed by atoms with van der Waals surface area (Å²) in [5.41, 5.74) is 0.402. The summed E-state index contributed by atoms with van der Waals surface area (Å²) in [6.07, 6.45) is 0. The summed E-state index contributed by atoms with van der Waals surface area (Å²) < 4.78 is 24.1. The number of aromatic amines is 1. The van der Waals surface area contributed by atoms with Crippen LogP contribution in [-0.2, 0) is 21.4 Å². The van der Waals surface area contributed by atoms with Crippen molar-refractivity contribution in [2.45, 2.75) is 6.54 Å². The molecular formula is C6H8N2O5S2. The first-order chi connectivity index (χ1) is 6.89. The fourth-order valence-corrected chi connectivity index (χ4v) is 2.19. The van der Waals surface area contributed by atoms with E-state index in [0.29, 0.717) is 5.69 Å². The maximum absolute atomic E-state index is 11.0. The number of H-pyrrole nitrogens is 1. The van der Waals surface area contributed by atoms with Crippen LogP contribution >= 0.6 is 11.3 Å². The highest BCUT2D eigenvalue weighted by Gasteiger charge is 2.15. The lowest BCUT2D eigenvalue weighted by atomic mass is 10.5. The van der Waals surface area contributed by atoms with Crippen LogP contribution in [0.25, 0.3) is 0 Å². The quantitative estimate of drug-likeness (QED) is 0.617. The second-order valence-corrected chi connectivity index (χ2v) is 5.30. The molecule has 0 fully saturated rings. The molecule has 1 rings (SSSR count). The van der Waals surface area contributed by atoms with Crippen molar-refractivity contribution < 1.29 is 18.3 Å². The Morgan fingerprint density at radius 1 is 1.60 bits per heavy atom. The van der Waals surface area contributed by atoms with E-state index in [1.54, 1.807) is 0 Å².